The van der Waals surface area contributed by atoms with Crippen molar-refractivity contribution in [1.29, 1.82) is 0 Å². The van der Waals surface area contributed by atoms with E-state index in [1.54, 1.807) is 0 Å². The third kappa shape index (κ3) is 4.13. The van der Waals surface area contributed by atoms with Crippen molar-refractivity contribution in [2.75, 3.05) is 0 Å². The van der Waals surface area contributed by atoms with Gasteiger partial charge in [-0.15, -0.1) is 0 Å². The largest absolute Gasteiger partial charge is 0.0533 e. The van der Waals surface area contributed by atoms with E-state index in [1.165, 1.54) is 51.4 Å². The lowest BCUT2D eigenvalue weighted by Gasteiger charge is -2.20. The minimum Gasteiger partial charge on any atom is -0.0533 e. The zero-order chi connectivity index (χ0) is 8.65. The average Bonchev–Trinajstić information content (AvgIpc) is 2.14. The molecule has 0 unspecified atom stereocenters. The van der Waals surface area contributed by atoms with Crippen LogP contribution >= 0.6 is 0 Å². The van der Waals surface area contributed by atoms with Crippen LogP contribution in [-0.4, -0.2) is 0 Å². The van der Waals surface area contributed by atoms with Crippen LogP contribution in [-0.2, 0) is 0 Å². The van der Waals surface area contributed by atoms with Gasteiger partial charge in [0.1, 0.15) is 0 Å². The van der Waals surface area contributed by atoms with Gasteiger partial charge in [0.2, 0.25) is 0 Å². The van der Waals surface area contributed by atoms with Crippen molar-refractivity contribution in [2.45, 2.75) is 57.8 Å². The summed E-state index contributed by atoms with van der Waals surface area (Å²) in [5.74, 6) is 0.962. The highest BCUT2D eigenvalue weighted by Crippen LogP contribution is 2.27. The normalized spacial score (nSPS) is 19.8. The Labute approximate surface area is 77.7 Å². The molecule has 0 aromatic heterocycles. The molecule has 0 nitrogen and oxygen atoms in total. The summed E-state index contributed by atoms with van der Waals surface area (Å²) in [6.07, 6.45) is 15.0. The lowest BCUT2D eigenvalue weighted by Crippen LogP contribution is -2.06. The first-order valence-electron chi connectivity index (χ1n) is 5.56. The van der Waals surface area contributed by atoms with Crippen LogP contribution in [0, 0.1) is 19.3 Å². The molecule has 1 rings (SSSR count). The zero-order valence-corrected chi connectivity index (χ0v) is 8.23. The molecule has 0 saturated heterocycles. The highest BCUT2D eigenvalue weighted by atomic mass is 14.2. The van der Waals surface area contributed by atoms with E-state index in [0.717, 1.165) is 12.3 Å². The molecule has 70 valence electrons. The molecule has 1 aliphatic carbocycles. The third-order valence-corrected chi connectivity index (χ3v) is 2.85. The van der Waals surface area contributed by atoms with E-state index in [9.17, 15) is 0 Å². The molecule has 0 aromatic carbocycles. The number of rotatable bonds is 5. The maximum absolute atomic E-state index is 3.86. The Balaban J connectivity index is 1.91. The first kappa shape index (κ1) is 10.1. The van der Waals surface area contributed by atoms with Crippen LogP contribution < -0.4 is 0 Å². The standard InChI is InChI=1S/C12H22/c1-2-3-4-6-9-12-10-7-5-8-11-12/h9,12H,1-8,10-11H2. The van der Waals surface area contributed by atoms with Gasteiger partial charge in [-0.3, -0.25) is 0 Å². The molecule has 2 radical (unpaired) electrons. The first-order valence-corrected chi connectivity index (χ1v) is 5.56. The number of hydrogen-bond acceptors (Lipinski definition) is 0. The number of unbranched alkanes of at least 4 members (excludes halogenated alkanes) is 3. The summed E-state index contributed by atoms with van der Waals surface area (Å²) >= 11 is 0. The Kier molecular flexibility index (Phi) is 5.47. The fourth-order valence-electron chi connectivity index (χ4n) is 2.04. The van der Waals surface area contributed by atoms with Gasteiger partial charge in [0.05, 0.1) is 0 Å². The monoisotopic (exact) mass is 166 g/mol. The predicted molar refractivity (Wildman–Crippen MR) is 54.7 cm³/mol. The Morgan fingerprint density at radius 3 is 2.50 bits per heavy atom. The molecular formula is C12H22. The molecule has 1 aliphatic rings. The molecule has 1 saturated carbocycles. The summed E-state index contributed by atoms with van der Waals surface area (Å²) in [5, 5.41) is 0. The van der Waals surface area contributed by atoms with Crippen LogP contribution in [0.3, 0.4) is 0 Å². The molecule has 0 aromatic rings. The summed E-state index contributed by atoms with van der Waals surface area (Å²) in [4.78, 5) is 0. The van der Waals surface area contributed by atoms with Gasteiger partial charge in [-0.05, 0) is 18.8 Å². The van der Waals surface area contributed by atoms with Gasteiger partial charge in [0, 0.05) is 0 Å². The van der Waals surface area contributed by atoms with Crippen LogP contribution in [0.4, 0.5) is 0 Å². The summed E-state index contributed by atoms with van der Waals surface area (Å²) < 4.78 is 0. The van der Waals surface area contributed by atoms with Gasteiger partial charge in [0.15, 0.2) is 0 Å². The second-order valence-electron chi connectivity index (χ2n) is 3.98. The molecule has 0 spiro atoms. The molecule has 0 amide bonds. The highest BCUT2D eigenvalue weighted by molar-refractivity contribution is 4.78. The van der Waals surface area contributed by atoms with Crippen molar-refractivity contribution in [3.63, 3.8) is 0 Å². The molecular weight excluding hydrogens is 144 g/mol. The smallest absolute Gasteiger partial charge is 0.0355 e. The van der Waals surface area contributed by atoms with E-state index >= 15 is 0 Å². The van der Waals surface area contributed by atoms with Gasteiger partial charge >= 0.3 is 0 Å². The lowest BCUT2D eigenvalue weighted by atomic mass is 9.85. The average molecular weight is 166 g/mol. The number of hydrogen-bond donors (Lipinski definition) is 0. The minimum atomic E-state index is 0.962. The van der Waals surface area contributed by atoms with Gasteiger partial charge in [-0.25, -0.2) is 0 Å². The van der Waals surface area contributed by atoms with Crippen molar-refractivity contribution in [3.8, 4) is 0 Å². The van der Waals surface area contributed by atoms with Crippen molar-refractivity contribution < 1.29 is 0 Å². The summed E-state index contributed by atoms with van der Waals surface area (Å²) in [7, 11) is 0. The first-order chi connectivity index (χ1) is 5.93. The Bertz CT molecular complexity index is 90.2. The molecule has 0 atom stereocenters. The second kappa shape index (κ2) is 6.51. The quantitative estimate of drug-likeness (QED) is 0.538. The molecule has 0 heterocycles. The predicted octanol–water partition coefficient (Wildman–Crippen LogP) is 4.17. The van der Waals surface area contributed by atoms with Gasteiger partial charge < -0.3 is 0 Å². The van der Waals surface area contributed by atoms with E-state index < -0.39 is 0 Å². The van der Waals surface area contributed by atoms with Gasteiger partial charge in [0.25, 0.3) is 0 Å². The summed E-state index contributed by atoms with van der Waals surface area (Å²) in [5.41, 5.74) is 0. The summed E-state index contributed by atoms with van der Waals surface area (Å²) in [6, 6.07) is 0. The van der Waals surface area contributed by atoms with Crippen molar-refractivity contribution in [2.24, 2.45) is 5.92 Å². The van der Waals surface area contributed by atoms with Crippen molar-refractivity contribution >= 4 is 0 Å². The maximum Gasteiger partial charge on any atom is -0.0355 e. The topological polar surface area (TPSA) is 0 Å². The van der Waals surface area contributed by atoms with Crippen LogP contribution in [0.1, 0.15) is 57.8 Å². The summed E-state index contributed by atoms with van der Waals surface area (Å²) in [6.45, 7) is 3.86. The SMILES string of the molecule is [CH2]CCCC[CH]C1CCCCC1. The second-order valence-corrected chi connectivity index (χ2v) is 3.98. The Hall–Kier alpha value is 0. The van der Waals surface area contributed by atoms with Crippen molar-refractivity contribution in [3.05, 3.63) is 13.3 Å². The highest BCUT2D eigenvalue weighted by Gasteiger charge is 2.12. The Morgan fingerprint density at radius 1 is 1.08 bits per heavy atom. The molecule has 0 bridgehead atoms. The lowest BCUT2D eigenvalue weighted by molar-refractivity contribution is 0.388. The molecule has 0 N–H and O–H groups in total. The maximum atomic E-state index is 3.86. The van der Waals surface area contributed by atoms with Gasteiger partial charge in [-0.2, -0.15) is 0 Å². The van der Waals surface area contributed by atoms with Crippen LogP contribution in [0.15, 0.2) is 0 Å². The van der Waals surface area contributed by atoms with E-state index in [2.05, 4.69) is 13.3 Å². The fourth-order valence-corrected chi connectivity index (χ4v) is 2.04. The molecule has 12 heavy (non-hydrogen) atoms. The Morgan fingerprint density at radius 2 is 1.83 bits per heavy atom. The zero-order valence-electron chi connectivity index (χ0n) is 8.23. The van der Waals surface area contributed by atoms with Crippen LogP contribution in [0.5, 0.6) is 0 Å². The molecule has 0 heteroatoms. The van der Waals surface area contributed by atoms with E-state index in [4.69, 9.17) is 0 Å². The van der Waals surface area contributed by atoms with Crippen LogP contribution in [0.2, 0.25) is 0 Å². The molecule has 0 aliphatic heterocycles. The fraction of sp³-hybridized carbons (Fsp3) is 0.833. The van der Waals surface area contributed by atoms with E-state index in [-0.39, 0.29) is 0 Å². The van der Waals surface area contributed by atoms with Crippen molar-refractivity contribution in [1.82, 2.24) is 0 Å². The van der Waals surface area contributed by atoms with E-state index in [1.807, 2.05) is 0 Å². The molecule has 1 fully saturated rings. The van der Waals surface area contributed by atoms with Gasteiger partial charge in [-0.1, -0.05) is 58.3 Å². The van der Waals surface area contributed by atoms with E-state index in [0.29, 0.717) is 0 Å². The van der Waals surface area contributed by atoms with Crippen LogP contribution in [0.25, 0.3) is 0 Å². The third-order valence-electron chi connectivity index (χ3n) is 2.85. The minimum absolute atomic E-state index is 0.962.